The van der Waals surface area contributed by atoms with Gasteiger partial charge in [-0.3, -0.25) is 0 Å². The molecule has 2 aromatic rings. The number of hydrogen-bond acceptors (Lipinski definition) is 2. The summed E-state index contributed by atoms with van der Waals surface area (Å²) in [5.41, 5.74) is 0.398. The van der Waals surface area contributed by atoms with Gasteiger partial charge in [-0.2, -0.15) is 0 Å². The van der Waals surface area contributed by atoms with Crippen molar-refractivity contribution in [3.8, 4) is 0 Å². The zero-order valence-electron chi connectivity index (χ0n) is 10.6. The molecule has 18 heavy (non-hydrogen) atoms. The molecule has 2 unspecified atom stereocenters. The smallest absolute Gasteiger partial charge is 0.169 e. The highest BCUT2D eigenvalue weighted by Gasteiger charge is 2.30. The van der Waals surface area contributed by atoms with E-state index in [1.165, 1.54) is 18.9 Å². The quantitative estimate of drug-likeness (QED) is 0.892. The van der Waals surface area contributed by atoms with Crippen LogP contribution in [-0.2, 0) is 0 Å². The molecule has 0 saturated heterocycles. The summed E-state index contributed by atoms with van der Waals surface area (Å²) in [7, 11) is 0. The minimum absolute atomic E-state index is 0.267. The van der Waals surface area contributed by atoms with Crippen LogP contribution in [0.5, 0.6) is 0 Å². The van der Waals surface area contributed by atoms with Crippen LogP contribution < -0.4 is 5.32 Å². The van der Waals surface area contributed by atoms with Crippen LogP contribution in [0.2, 0.25) is 0 Å². The van der Waals surface area contributed by atoms with Gasteiger partial charge in [0.15, 0.2) is 11.4 Å². The first-order chi connectivity index (χ1) is 8.79. The van der Waals surface area contributed by atoms with Gasteiger partial charge in [-0.05, 0) is 31.5 Å². The van der Waals surface area contributed by atoms with Crippen molar-refractivity contribution in [2.75, 3.05) is 6.54 Å². The van der Waals surface area contributed by atoms with Gasteiger partial charge in [0.25, 0.3) is 0 Å². The Morgan fingerprint density at radius 1 is 1.39 bits per heavy atom. The van der Waals surface area contributed by atoms with E-state index in [2.05, 4.69) is 12.2 Å². The third-order valence-corrected chi connectivity index (χ3v) is 3.86. The van der Waals surface area contributed by atoms with E-state index < -0.39 is 0 Å². The summed E-state index contributed by atoms with van der Waals surface area (Å²) < 4.78 is 19.4. The molecular formula is C15H18FNO. The van der Waals surface area contributed by atoms with E-state index in [0.717, 1.165) is 24.1 Å². The molecule has 1 saturated carbocycles. The molecule has 3 rings (SSSR count). The Balaban J connectivity index is 1.96. The van der Waals surface area contributed by atoms with Gasteiger partial charge in [0.2, 0.25) is 0 Å². The molecule has 0 radical (unpaired) electrons. The van der Waals surface area contributed by atoms with Crippen molar-refractivity contribution in [1.82, 2.24) is 5.32 Å². The molecule has 0 bridgehead atoms. The van der Waals surface area contributed by atoms with Crippen molar-refractivity contribution in [2.45, 2.75) is 38.1 Å². The maximum atomic E-state index is 13.6. The molecule has 1 aliphatic carbocycles. The van der Waals surface area contributed by atoms with Gasteiger partial charge in [0.1, 0.15) is 5.76 Å². The van der Waals surface area contributed by atoms with Crippen LogP contribution >= 0.6 is 0 Å². The van der Waals surface area contributed by atoms with Gasteiger partial charge in [-0.1, -0.05) is 25.5 Å². The van der Waals surface area contributed by atoms with Crippen LogP contribution in [0.25, 0.3) is 11.0 Å². The Morgan fingerprint density at radius 2 is 2.28 bits per heavy atom. The fourth-order valence-corrected chi connectivity index (χ4v) is 3.04. The van der Waals surface area contributed by atoms with Crippen molar-refractivity contribution < 1.29 is 8.81 Å². The Morgan fingerprint density at radius 3 is 3.06 bits per heavy atom. The largest absolute Gasteiger partial charge is 0.458 e. The number of para-hydroxylation sites is 1. The predicted octanol–water partition coefficient (Wildman–Crippen LogP) is 3.82. The first-order valence-corrected chi connectivity index (χ1v) is 6.71. The van der Waals surface area contributed by atoms with Crippen molar-refractivity contribution >= 4 is 11.0 Å². The first-order valence-electron chi connectivity index (χ1n) is 6.71. The number of hydrogen-bond donors (Lipinski definition) is 1. The maximum absolute atomic E-state index is 13.6. The Labute approximate surface area is 106 Å². The average molecular weight is 247 g/mol. The summed E-state index contributed by atoms with van der Waals surface area (Å²) >= 11 is 0. The summed E-state index contributed by atoms with van der Waals surface area (Å²) in [6, 6.07) is 7.56. The zero-order chi connectivity index (χ0) is 12.5. The van der Waals surface area contributed by atoms with Gasteiger partial charge >= 0.3 is 0 Å². The van der Waals surface area contributed by atoms with E-state index in [4.69, 9.17) is 4.42 Å². The van der Waals surface area contributed by atoms with E-state index in [0.29, 0.717) is 17.5 Å². The van der Waals surface area contributed by atoms with Crippen LogP contribution in [-0.4, -0.2) is 12.6 Å². The molecule has 1 heterocycles. The van der Waals surface area contributed by atoms with Crippen LogP contribution in [0.4, 0.5) is 4.39 Å². The predicted molar refractivity (Wildman–Crippen MR) is 70.2 cm³/mol. The Kier molecular flexibility index (Phi) is 3.08. The summed E-state index contributed by atoms with van der Waals surface area (Å²) in [4.78, 5) is 0. The number of furan rings is 1. The SMILES string of the molecule is CCNC1CCCC1c1cc2cccc(F)c2o1. The fourth-order valence-electron chi connectivity index (χ4n) is 3.04. The second-order valence-corrected chi connectivity index (χ2v) is 5.01. The lowest BCUT2D eigenvalue weighted by molar-refractivity contribution is 0.417. The zero-order valence-corrected chi connectivity index (χ0v) is 10.6. The lowest BCUT2D eigenvalue weighted by Gasteiger charge is -2.17. The molecule has 96 valence electrons. The van der Waals surface area contributed by atoms with Crippen molar-refractivity contribution in [1.29, 1.82) is 0 Å². The van der Waals surface area contributed by atoms with E-state index in [-0.39, 0.29) is 5.82 Å². The Bertz CT molecular complexity index is 548. The molecule has 1 aromatic carbocycles. The van der Waals surface area contributed by atoms with E-state index in [1.54, 1.807) is 6.07 Å². The topological polar surface area (TPSA) is 25.2 Å². The maximum Gasteiger partial charge on any atom is 0.169 e. The molecule has 2 atom stereocenters. The first kappa shape index (κ1) is 11.7. The van der Waals surface area contributed by atoms with Crippen molar-refractivity contribution in [3.63, 3.8) is 0 Å². The third kappa shape index (κ3) is 1.93. The lowest BCUT2D eigenvalue weighted by Crippen LogP contribution is -2.30. The number of fused-ring (bicyclic) bond motifs is 1. The summed E-state index contributed by atoms with van der Waals surface area (Å²) in [6.45, 7) is 3.09. The highest BCUT2D eigenvalue weighted by molar-refractivity contribution is 5.78. The summed E-state index contributed by atoms with van der Waals surface area (Å²) in [5.74, 6) is 1.05. The van der Waals surface area contributed by atoms with Crippen LogP contribution in [0.15, 0.2) is 28.7 Å². The monoisotopic (exact) mass is 247 g/mol. The van der Waals surface area contributed by atoms with Gasteiger partial charge in [0.05, 0.1) is 0 Å². The molecule has 1 fully saturated rings. The third-order valence-electron chi connectivity index (χ3n) is 3.86. The number of halogens is 1. The van der Waals surface area contributed by atoms with Gasteiger partial charge in [0, 0.05) is 17.3 Å². The standard InChI is InChI=1S/C15H18FNO/c1-2-17-13-8-4-6-11(13)14-9-10-5-3-7-12(16)15(10)18-14/h3,5,7,9,11,13,17H,2,4,6,8H2,1H3. The molecule has 1 aliphatic rings. The summed E-state index contributed by atoms with van der Waals surface area (Å²) in [6.07, 6.45) is 3.51. The van der Waals surface area contributed by atoms with Crippen LogP contribution in [0.1, 0.15) is 37.9 Å². The van der Waals surface area contributed by atoms with Gasteiger partial charge in [-0.25, -0.2) is 4.39 Å². The number of benzene rings is 1. The second-order valence-electron chi connectivity index (χ2n) is 5.01. The van der Waals surface area contributed by atoms with E-state index in [1.807, 2.05) is 12.1 Å². The normalized spacial score (nSPS) is 23.9. The van der Waals surface area contributed by atoms with Gasteiger partial charge in [-0.15, -0.1) is 0 Å². The molecule has 0 aliphatic heterocycles. The van der Waals surface area contributed by atoms with E-state index in [9.17, 15) is 4.39 Å². The van der Waals surface area contributed by atoms with E-state index >= 15 is 0 Å². The second kappa shape index (κ2) is 4.73. The molecule has 3 heteroatoms. The minimum Gasteiger partial charge on any atom is -0.458 e. The lowest BCUT2D eigenvalue weighted by atomic mass is 10.0. The molecule has 0 amide bonds. The van der Waals surface area contributed by atoms with Crippen LogP contribution in [0, 0.1) is 5.82 Å². The average Bonchev–Trinajstić information content (AvgIpc) is 2.95. The number of nitrogens with one attached hydrogen (secondary N) is 1. The molecule has 0 spiro atoms. The summed E-state index contributed by atoms with van der Waals surface area (Å²) in [5, 5.41) is 4.37. The molecule has 1 aromatic heterocycles. The molecule has 2 nitrogen and oxygen atoms in total. The fraction of sp³-hybridized carbons (Fsp3) is 0.467. The number of likely N-dealkylation sites (N-methyl/N-ethyl adjacent to an activating group) is 1. The van der Waals surface area contributed by atoms with Crippen molar-refractivity contribution in [2.24, 2.45) is 0 Å². The number of rotatable bonds is 3. The molecule has 1 N–H and O–H groups in total. The molecular weight excluding hydrogens is 229 g/mol. The highest BCUT2D eigenvalue weighted by atomic mass is 19.1. The Hall–Kier alpha value is -1.35. The minimum atomic E-state index is -0.267. The highest BCUT2D eigenvalue weighted by Crippen LogP contribution is 2.37. The van der Waals surface area contributed by atoms with Crippen molar-refractivity contribution in [3.05, 3.63) is 35.8 Å². The van der Waals surface area contributed by atoms with Crippen LogP contribution in [0.3, 0.4) is 0 Å². The van der Waals surface area contributed by atoms with Gasteiger partial charge < -0.3 is 9.73 Å².